The fourth-order valence-electron chi connectivity index (χ4n) is 7.82. The number of rotatable bonds is 52. The van der Waals surface area contributed by atoms with E-state index in [-0.39, 0.29) is 37.5 Å². The molecule has 0 saturated carbocycles. The number of ether oxygens (including phenoxy) is 3. The number of hydrogen-bond donors (Lipinski definition) is 0. The number of carbonyl (C=O) groups excluding carboxylic acids is 3. The van der Waals surface area contributed by atoms with Gasteiger partial charge in [-0.05, 0) is 122 Å². The van der Waals surface area contributed by atoms with Crippen molar-refractivity contribution >= 4 is 17.9 Å². The van der Waals surface area contributed by atoms with Crippen LogP contribution in [0.1, 0.15) is 258 Å². The second kappa shape index (κ2) is 59.4. The van der Waals surface area contributed by atoms with Crippen molar-refractivity contribution in [3.63, 3.8) is 0 Å². The minimum atomic E-state index is -0.802. The Hall–Kier alpha value is -4.19. The van der Waals surface area contributed by atoms with Crippen molar-refractivity contribution in [2.24, 2.45) is 0 Å². The van der Waals surface area contributed by atoms with E-state index in [2.05, 4.69) is 142 Å². The lowest BCUT2D eigenvalue weighted by Gasteiger charge is -2.18. The van der Waals surface area contributed by atoms with Gasteiger partial charge in [0, 0.05) is 19.3 Å². The van der Waals surface area contributed by atoms with Gasteiger partial charge in [0.05, 0.1) is 0 Å². The highest BCUT2D eigenvalue weighted by Crippen LogP contribution is 2.15. The van der Waals surface area contributed by atoms with Crippen LogP contribution in [0.3, 0.4) is 0 Å². The van der Waals surface area contributed by atoms with Gasteiger partial charge in [-0.2, -0.15) is 0 Å². The molecule has 0 spiro atoms. The molecule has 0 amide bonds. The van der Waals surface area contributed by atoms with Crippen LogP contribution >= 0.6 is 0 Å². The molecule has 1 atom stereocenters. The van der Waals surface area contributed by atoms with Gasteiger partial charge in [0.1, 0.15) is 13.2 Å². The van der Waals surface area contributed by atoms with E-state index in [1.54, 1.807) is 0 Å². The van der Waals surface area contributed by atoms with E-state index < -0.39 is 6.10 Å². The standard InChI is InChI=1S/C66H108O6/c1-4-7-10-13-16-19-22-24-26-28-30-31-32-33-34-35-37-38-40-42-44-47-50-53-56-59-65(68)71-62-63(61-70-64(67)58-55-52-49-46-21-18-15-12-9-6-3)72-66(69)60-57-54-51-48-45-43-41-39-36-29-27-25-23-20-17-14-11-8-5-2/h7-8,10-12,15-17,19-20,24-27,30-31,36,39,43,45,63H,4-6,9,13-14,18,21-23,28-29,32-35,37-38,40-42,44,46-62H2,1-3H3/b10-7-,11-8-,15-12-,19-16-,20-17-,26-24-,27-25-,31-30-,39-36-,45-43-. The van der Waals surface area contributed by atoms with Crippen molar-refractivity contribution in [2.45, 2.75) is 264 Å². The average Bonchev–Trinajstić information content (AvgIpc) is 3.38. The van der Waals surface area contributed by atoms with Gasteiger partial charge < -0.3 is 14.2 Å². The Kier molecular flexibility index (Phi) is 55.9. The summed E-state index contributed by atoms with van der Waals surface area (Å²) in [6.45, 7) is 6.32. The van der Waals surface area contributed by atoms with Crippen LogP contribution in [0.5, 0.6) is 0 Å². The second-order valence-electron chi connectivity index (χ2n) is 19.1. The Bertz CT molecular complexity index is 1520. The highest BCUT2D eigenvalue weighted by molar-refractivity contribution is 5.71. The van der Waals surface area contributed by atoms with E-state index in [4.69, 9.17) is 14.2 Å². The predicted octanol–water partition coefficient (Wildman–Crippen LogP) is 20.0. The molecule has 6 nitrogen and oxygen atoms in total. The molecule has 0 heterocycles. The van der Waals surface area contributed by atoms with Crippen molar-refractivity contribution in [1.29, 1.82) is 0 Å². The first-order chi connectivity index (χ1) is 35.5. The van der Waals surface area contributed by atoms with Crippen LogP contribution in [-0.2, 0) is 28.6 Å². The van der Waals surface area contributed by atoms with Crippen molar-refractivity contribution in [1.82, 2.24) is 0 Å². The zero-order valence-electron chi connectivity index (χ0n) is 46.7. The molecular weight excluding hydrogens is 889 g/mol. The fraction of sp³-hybridized carbons (Fsp3) is 0.652. The molecule has 0 aliphatic rings. The Morgan fingerprint density at radius 3 is 0.875 bits per heavy atom. The minimum absolute atomic E-state index is 0.0973. The van der Waals surface area contributed by atoms with Crippen molar-refractivity contribution in [3.05, 3.63) is 122 Å². The molecule has 0 saturated heterocycles. The summed E-state index contributed by atoms with van der Waals surface area (Å²) >= 11 is 0. The molecule has 72 heavy (non-hydrogen) atoms. The van der Waals surface area contributed by atoms with Crippen molar-refractivity contribution in [2.75, 3.05) is 13.2 Å². The lowest BCUT2D eigenvalue weighted by atomic mass is 10.0. The molecule has 0 aliphatic carbocycles. The number of unbranched alkanes of at least 4 members (excludes halogenated alkanes) is 21. The summed E-state index contributed by atoms with van der Waals surface area (Å²) < 4.78 is 16.8. The summed E-state index contributed by atoms with van der Waals surface area (Å²) in [6, 6.07) is 0. The monoisotopic (exact) mass is 997 g/mol. The van der Waals surface area contributed by atoms with Gasteiger partial charge in [-0.15, -0.1) is 0 Å². The van der Waals surface area contributed by atoms with E-state index >= 15 is 0 Å². The van der Waals surface area contributed by atoms with E-state index in [0.29, 0.717) is 12.8 Å². The third kappa shape index (κ3) is 56.7. The van der Waals surface area contributed by atoms with Crippen LogP contribution in [-0.4, -0.2) is 37.2 Å². The number of hydrogen-bond acceptors (Lipinski definition) is 6. The summed E-state index contributed by atoms with van der Waals surface area (Å²) in [5, 5.41) is 0. The molecule has 1 unspecified atom stereocenters. The molecule has 0 aliphatic heterocycles. The maximum absolute atomic E-state index is 12.8. The fourth-order valence-corrected chi connectivity index (χ4v) is 7.82. The zero-order chi connectivity index (χ0) is 52.2. The lowest BCUT2D eigenvalue weighted by molar-refractivity contribution is -0.167. The molecule has 0 radical (unpaired) electrons. The maximum atomic E-state index is 12.8. The number of allylic oxidation sites excluding steroid dienone is 20. The second-order valence-corrected chi connectivity index (χ2v) is 19.1. The van der Waals surface area contributed by atoms with Gasteiger partial charge in [-0.25, -0.2) is 0 Å². The van der Waals surface area contributed by atoms with Crippen LogP contribution in [0.25, 0.3) is 0 Å². The molecule has 0 rings (SSSR count). The topological polar surface area (TPSA) is 78.9 Å². The first-order valence-corrected chi connectivity index (χ1v) is 29.5. The molecule has 6 heteroatoms. The summed E-state index contributed by atoms with van der Waals surface area (Å²) in [4.78, 5) is 38.1. The van der Waals surface area contributed by atoms with Gasteiger partial charge >= 0.3 is 17.9 Å². The quantitative estimate of drug-likeness (QED) is 0.0261. The molecule has 0 aromatic heterocycles. The van der Waals surface area contributed by atoms with Gasteiger partial charge in [-0.1, -0.05) is 239 Å². The van der Waals surface area contributed by atoms with E-state index in [0.717, 1.165) is 141 Å². The highest BCUT2D eigenvalue weighted by Gasteiger charge is 2.19. The highest BCUT2D eigenvalue weighted by atomic mass is 16.6. The number of carbonyl (C=O) groups is 3. The van der Waals surface area contributed by atoms with Crippen LogP contribution < -0.4 is 0 Å². The van der Waals surface area contributed by atoms with Gasteiger partial charge in [-0.3, -0.25) is 14.4 Å². The van der Waals surface area contributed by atoms with Crippen molar-refractivity contribution < 1.29 is 28.6 Å². The Labute approximate surface area is 443 Å². The first-order valence-electron chi connectivity index (χ1n) is 29.5. The molecule has 0 bridgehead atoms. The molecule has 0 fully saturated rings. The third-order valence-electron chi connectivity index (χ3n) is 12.2. The Morgan fingerprint density at radius 2 is 0.542 bits per heavy atom. The smallest absolute Gasteiger partial charge is 0.306 e. The van der Waals surface area contributed by atoms with Crippen molar-refractivity contribution in [3.8, 4) is 0 Å². The predicted molar refractivity (Wildman–Crippen MR) is 311 cm³/mol. The van der Waals surface area contributed by atoms with Crippen LogP contribution in [0.4, 0.5) is 0 Å². The van der Waals surface area contributed by atoms with Gasteiger partial charge in [0.25, 0.3) is 0 Å². The van der Waals surface area contributed by atoms with Gasteiger partial charge in [0.2, 0.25) is 0 Å². The Balaban J connectivity index is 4.33. The Morgan fingerprint density at radius 1 is 0.292 bits per heavy atom. The molecule has 408 valence electrons. The SMILES string of the molecule is CC/C=C\C/C=C\C/C=C\C/C=C\C/C=C\CCCCCC(=O)OC(COC(=O)CCCCCCC/C=C\CCC)COC(=O)CCCCCCCCCCCCCC/C=C\C/C=C\C/C=C\C/C=C\CC. The van der Waals surface area contributed by atoms with Crippen LogP contribution in [0, 0.1) is 0 Å². The van der Waals surface area contributed by atoms with Gasteiger partial charge in [0.15, 0.2) is 6.10 Å². The number of esters is 3. The van der Waals surface area contributed by atoms with E-state index in [1.807, 2.05) is 0 Å². The largest absolute Gasteiger partial charge is 0.462 e. The lowest BCUT2D eigenvalue weighted by Crippen LogP contribution is -2.30. The summed E-state index contributed by atoms with van der Waals surface area (Å²) in [6.07, 6.45) is 82.0. The van der Waals surface area contributed by atoms with Crippen LogP contribution in [0.2, 0.25) is 0 Å². The third-order valence-corrected chi connectivity index (χ3v) is 12.2. The normalized spacial score (nSPS) is 13.0. The molecule has 0 aromatic carbocycles. The molecule has 0 N–H and O–H groups in total. The van der Waals surface area contributed by atoms with Crippen LogP contribution in [0.15, 0.2) is 122 Å². The maximum Gasteiger partial charge on any atom is 0.306 e. The molecular formula is C66H108O6. The average molecular weight is 998 g/mol. The van der Waals surface area contributed by atoms with E-state index in [1.165, 1.54) is 77.0 Å². The summed E-state index contributed by atoms with van der Waals surface area (Å²) in [7, 11) is 0. The minimum Gasteiger partial charge on any atom is -0.462 e. The first kappa shape index (κ1) is 67.8. The summed E-state index contributed by atoms with van der Waals surface area (Å²) in [5.41, 5.74) is 0. The zero-order valence-corrected chi connectivity index (χ0v) is 46.7. The molecule has 0 aromatic rings. The summed E-state index contributed by atoms with van der Waals surface area (Å²) in [5.74, 6) is -0.944. The van der Waals surface area contributed by atoms with E-state index in [9.17, 15) is 14.4 Å².